The molecule has 0 bridgehead atoms. The lowest BCUT2D eigenvalue weighted by atomic mass is 10.2. The van der Waals surface area contributed by atoms with E-state index in [0.717, 1.165) is 51.7 Å². The zero-order valence-corrected chi connectivity index (χ0v) is 19.1. The fourth-order valence-corrected chi connectivity index (χ4v) is 2.96. The highest BCUT2D eigenvalue weighted by Crippen LogP contribution is 2.13. The SMILES string of the molecule is C(#CCOC1CCCCO1)COCCOCCOCCOCC#CCOC1CCCCO1. The minimum atomic E-state index is -0.0958. The van der Waals surface area contributed by atoms with Crippen LogP contribution in [0.25, 0.3) is 0 Å². The lowest BCUT2D eigenvalue weighted by Gasteiger charge is -2.21. The summed E-state index contributed by atoms with van der Waals surface area (Å²) in [6.45, 7) is 6.12. The maximum absolute atomic E-state index is 5.52. The van der Waals surface area contributed by atoms with Crippen LogP contribution in [0.5, 0.6) is 0 Å². The summed E-state index contributed by atoms with van der Waals surface area (Å²) in [5.41, 5.74) is 0. The van der Waals surface area contributed by atoms with Gasteiger partial charge in [0.2, 0.25) is 0 Å². The molecule has 32 heavy (non-hydrogen) atoms. The molecule has 0 amide bonds. The van der Waals surface area contributed by atoms with Crippen LogP contribution in [0.2, 0.25) is 0 Å². The Labute approximate surface area is 192 Å². The van der Waals surface area contributed by atoms with Gasteiger partial charge in [-0.15, -0.1) is 0 Å². The third-order valence-electron chi connectivity index (χ3n) is 4.67. The van der Waals surface area contributed by atoms with Crippen molar-refractivity contribution in [3.05, 3.63) is 0 Å². The molecule has 182 valence electrons. The van der Waals surface area contributed by atoms with Gasteiger partial charge in [0.15, 0.2) is 12.6 Å². The number of hydrogen-bond donors (Lipinski definition) is 0. The monoisotopic (exact) mass is 454 g/mol. The Bertz CT molecular complexity index is 500. The van der Waals surface area contributed by atoms with Crippen LogP contribution in [0.4, 0.5) is 0 Å². The number of ether oxygens (including phenoxy) is 8. The molecule has 0 spiro atoms. The molecule has 2 aliphatic heterocycles. The van der Waals surface area contributed by atoms with Gasteiger partial charge in [-0.1, -0.05) is 23.7 Å². The van der Waals surface area contributed by atoms with Crippen LogP contribution in [0, 0.1) is 23.7 Å². The molecule has 0 radical (unpaired) electrons. The summed E-state index contributed by atoms with van der Waals surface area (Å²) in [6, 6.07) is 0. The molecule has 2 atom stereocenters. The molecule has 8 heteroatoms. The third kappa shape index (κ3) is 15.6. The fourth-order valence-electron chi connectivity index (χ4n) is 2.96. The van der Waals surface area contributed by atoms with Crippen LogP contribution in [0.15, 0.2) is 0 Å². The van der Waals surface area contributed by atoms with E-state index < -0.39 is 0 Å². The van der Waals surface area contributed by atoms with E-state index in [1.165, 1.54) is 0 Å². The smallest absolute Gasteiger partial charge is 0.158 e. The second-order valence-electron chi connectivity index (χ2n) is 7.25. The van der Waals surface area contributed by atoms with Crippen molar-refractivity contribution in [2.75, 3.05) is 79.3 Å². The molecule has 2 saturated heterocycles. The summed E-state index contributed by atoms with van der Waals surface area (Å²) >= 11 is 0. The van der Waals surface area contributed by atoms with Crippen molar-refractivity contribution in [2.45, 2.75) is 51.1 Å². The van der Waals surface area contributed by atoms with Gasteiger partial charge in [0.25, 0.3) is 0 Å². The predicted octanol–water partition coefficient (Wildman–Crippen LogP) is 2.15. The Kier molecular flexibility index (Phi) is 17.3. The molecular weight excluding hydrogens is 416 g/mol. The van der Waals surface area contributed by atoms with E-state index in [1.807, 2.05) is 0 Å². The first-order valence-corrected chi connectivity index (χ1v) is 11.6. The summed E-state index contributed by atoms with van der Waals surface area (Å²) in [5, 5.41) is 0. The molecule has 2 fully saturated rings. The molecule has 0 N–H and O–H groups in total. The van der Waals surface area contributed by atoms with Gasteiger partial charge in [0, 0.05) is 13.2 Å². The quantitative estimate of drug-likeness (QED) is 0.275. The number of hydrogen-bond acceptors (Lipinski definition) is 8. The zero-order valence-electron chi connectivity index (χ0n) is 19.1. The summed E-state index contributed by atoms with van der Waals surface area (Å²) in [4.78, 5) is 0. The second-order valence-corrected chi connectivity index (χ2v) is 7.25. The number of rotatable bonds is 15. The van der Waals surface area contributed by atoms with Crippen LogP contribution in [0.3, 0.4) is 0 Å². The van der Waals surface area contributed by atoms with Crippen molar-refractivity contribution >= 4 is 0 Å². The van der Waals surface area contributed by atoms with Crippen LogP contribution >= 0.6 is 0 Å². The third-order valence-corrected chi connectivity index (χ3v) is 4.67. The van der Waals surface area contributed by atoms with Crippen LogP contribution < -0.4 is 0 Å². The molecule has 0 aliphatic carbocycles. The Morgan fingerprint density at radius 3 is 1.31 bits per heavy atom. The highest BCUT2D eigenvalue weighted by molar-refractivity contribution is 4.99. The molecule has 2 unspecified atom stereocenters. The second kappa shape index (κ2) is 20.4. The van der Waals surface area contributed by atoms with Crippen molar-refractivity contribution in [2.24, 2.45) is 0 Å². The van der Waals surface area contributed by atoms with Gasteiger partial charge >= 0.3 is 0 Å². The summed E-state index contributed by atoms with van der Waals surface area (Å²) < 4.78 is 43.6. The van der Waals surface area contributed by atoms with Crippen molar-refractivity contribution in [3.8, 4) is 23.7 Å². The molecule has 2 rings (SSSR count). The van der Waals surface area contributed by atoms with Gasteiger partial charge in [0.05, 0.1) is 39.6 Å². The maximum Gasteiger partial charge on any atom is 0.158 e. The highest BCUT2D eigenvalue weighted by atomic mass is 16.7. The van der Waals surface area contributed by atoms with Gasteiger partial charge in [-0.25, -0.2) is 0 Å². The van der Waals surface area contributed by atoms with E-state index in [-0.39, 0.29) is 12.6 Å². The first-order valence-electron chi connectivity index (χ1n) is 11.6. The average Bonchev–Trinajstić information content (AvgIpc) is 2.84. The summed E-state index contributed by atoms with van der Waals surface area (Å²) in [5.74, 6) is 11.7. The lowest BCUT2D eigenvalue weighted by molar-refractivity contribution is -0.154. The van der Waals surface area contributed by atoms with Crippen LogP contribution in [0.1, 0.15) is 38.5 Å². The molecular formula is C24H38O8. The Hall–Kier alpha value is -1.20. The Morgan fingerprint density at radius 1 is 0.500 bits per heavy atom. The predicted molar refractivity (Wildman–Crippen MR) is 118 cm³/mol. The van der Waals surface area contributed by atoms with Gasteiger partial charge in [-0.05, 0) is 38.5 Å². The Balaban J connectivity index is 1.24. The average molecular weight is 455 g/mol. The zero-order chi connectivity index (χ0) is 22.4. The van der Waals surface area contributed by atoms with E-state index in [0.29, 0.717) is 66.1 Å². The van der Waals surface area contributed by atoms with Crippen LogP contribution in [-0.4, -0.2) is 91.9 Å². The van der Waals surface area contributed by atoms with Gasteiger partial charge in [-0.3, -0.25) is 0 Å². The first-order chi connectivity index (χ1) is 15.9. The largest absolute Gasteiger partial charge is 0.377 e. The van der Waals surface area contributed by atoms with Gasteiger partial charge in [0.1, 0.15) is 26.4 Å². The van der Waals surface area contributed by atoms with E-state index >= 15 is 0 Å². The van der Waals surface area contributed by atoms with E-state index in [9.17, 15) is 0 Å². The van der Waals surface area contributed by atoms with Crippen molar-refractivity contribution in [1.29, 1.82) is 0 Å². The Morgan fingerprint density at radius 2 is 0.906 bits per heavy atom. The lowest BCUT2D eigenvalue weighted by Crippen LogP contribution is -2.22. The fraction of sp³-hybridized carbons (Fsp3) is 0.833. The van der Waals surface area contributed by atoms with E-state index in [2.05, 4.69) is 23.7 Å². The van der Waals surface area contributed by atoms with E-state index in [1.54, 1.807) is 0 Å². The molecule has 2 heterocycles. The normalized spacial score (nSPS) is 20.8. The van der Waals surface area contributed by atoms with Gasteiger partial charge < -0.3 is 37.9 Å². The summed E-state index contributed by atoms with van der Waals surface area (Å²) in [6.07, 6.45) is 6.26. The molecule has 0 aromatic heterocycles. The minimum Gasteiger partial charge on any atom is -0.377 e. The van der Waals surface area contributed by atoms with Crippen molar-refractivity contribution < 1.29 is 37.9 Å². The van der Waals surface area contributed by atoms with Crippen molar-refractivity contribution in [3.63, 3.8) is 0 Å². The highest BCUT2D eigenvalue weighted by Gasteiger charge is 2.13. The molecule has 0 saturated carbocycles. The molecule has 0 aromatic rings. The van der Waals surface area contributed by atoms with E-state index in [4.69, 9.17) is 37.9 Å². The first kappa shape index (κ1) is 27.0. The molecule has 8 nitrogen and oxygen atoms in total. The minimum absolute atomic E-state index is 0.0958. The molecule has 2 aliphatic rings. The summed E-state index contributed by atoms with van der Waals surface area (Å²) in [7, 11) is 0. The van der Waals surface area contributed by atoms with Crippen LogP contribution in [-0.2, 0) is 37.9 Å². The topological polar surface area (TPSA) is 73.8 Å². The standard InChI is InChI=1S/C24H38O8/c1-3-13-29-23(9-1)31-15-7-5-11-25-17-19-27-21-22-28-20-18-26-12-6-8-16-32-24-10-2-4-14-30-24/h23-24H,1-4,9-22H2. The maximum atomic E-state index is 5.52. The van der Waals surface area contributed by atoms with Crippen molar-refractivity contribution in [1.82, 2.24) is 0 Å². The van der Waals surface area contributed by atoms with Gasteiger partial charge in [-0.2, -0.15) is 0 Å². The molecule has 0 aromatic carbocycles.